The molecule has 0 saturated heterocycles. The SMILES string of the molecule is CC(C)CC(CC(C)C)Nc1ccc(O)cc1[N+](=O)[O-]. The van der Waals surface area contributed by atoms with Crippen LogP contribution in [-0.4, -0.2) is 16.1 Å². The Labute approximate surface area is 120 Å². The lowest BCUT2D eigenvalue weighted by Gasteiger charge is -2.23. The second-order valence-electron chi connectivity index (χ2n) is 6.06. The number of phenols is 1. The molecule has 0 bridgehead atoms. The van der Waals surface area contributed by atoms with Crippen molar-refractivity contribution in [2.75, 3.05) is 5.32 Å². The monoisotopic (exact) mass is 280 g/mol. The van der Waals surface area contributed by atoms with Gasteiger partial charge >= 0.3 is 0 Å². The molecule has 0 unspecified atom stereocenters. The number of anilines is 1. The Morgan fingerprint density at radius 3 is 2.20 bits per heavy atom. The van der Waals surface area contributed by atoms with E-state index in [4.69, 9.17) is 0 Å². The number of nitro groups is 1. The summed E-state index contributed by atoms with van der Waals surface area (Å²) in [4.78, 5) is 10.6. The van der Waals surface area contributed by atoms with Crippen LogP contribution in [0, 0.1) is 22.0 Å². The molecule has 0 aliphatic rings. The predicted octanol–water partition coefficient (Wildman–Crippen LogP) is 4.17. The van der Waals surface area contributed by atoms with Crippen LogP contribution in [0.5, 0.6) is 5.75 Å². The summed E-state index contributed by atoms with van der Waals surface area (Å²) in [7, 11) is 0. The number of rotatable bonds is 7. The molecule has 0 aliphatic carbocycles. The van der Waals surface area contributed by atoms with Crippen LogP contribution in [0.4, 0.5) is 11.4 Å². The van der Waals surface area contributed by atoms with Gasteiger partial charge < -0.3 is 10.4 Å². The van der Waals surface area contributed by atoms with Gasteiger partial charge in [0.2, 0.25) is 0 Å². The molecule has 0 aromatic heterocycles. The first-order chi connectivity index (χ1) is 9.29. The Bertz CT molecular complexity index is 448. The largest absolute Gasteiger partial charge is 0.508 e. The van der Waals surface area contributed by atoms with Gasteiger partial charge in [-0.2, -0.15) is 0 Å². The average Bonchev–Trinajstić information content (AvgIpc) is 2.29. The summed E-state index contributed by atoms with van der Waals surface area (Å²) in [5.74, 6) is 0.941. The number of phenolic OH excluding ortho intramolecular Hbond substituents is 1. The molecule has 0 atom stereocenters. The number of hydrogen-bond acceptors (Lipinski definition) is 4. The van der Waals surface area contributed by atoms with Gasteiger partial charge in [0.15, 0.2) is 0 Å². The van der Waals surface area contributed by atoms with Crippen molar-refractivity contribution in [1.82, 2.24) is 0 Å². The summed E-state index contributed by atoms with van der Waals surface area (Å²) < 4.78 is 0. The zero-order chi connectivity index (χ0) is 15.3. The molecular formula is C15H24N2O3. The smallest absolute Gasteiger partial charge is 0.296 e. The third-order valence-corrected chi connectivity index (χ3v) is 3.05. The number of hydrogen-bond donors (Lipinski definition) is 2. The van der Waals surface area contributed by atoms with Crippen molar-refractivity contribution in [3.05, 3.63) is 28.3 Å². The van der Waals surface area contributed by atoms with Crippen LogP contribution in [-0.2, 0) is 0 Å². The van der Waals surface area contributed by atoms with Crippen molar-refractivity contribution in [2.45, 2.75) is 46.6 Å². The molecule has 20 heavy (non-hydrogen) atoms. The highest BCUT2D eigenvalue weighted by atomic mass is 16.6. The lowest BCUT2D eigenvalue weighted by atomic mass is 9.95. The summed E-state index contributed by atoms with van der Waals surface area (Å²) in [6.45, 7) is 8.56. The maximum absolute atomic E-state index is 11.1. The minimum Gasteiger partial charge on any atom is -0.508 e. The van der Waals surface area contributed by atoms with Crippen molar-refractivity contribution in [3.63, 3.8) is 0 Å². The zero-order valence-electron chi connectivity index (χ0n) is 12.6. The Balaban J connectivity index is 2.94. The summed E-state index contributed by atoms with van der Waals surface area (Å²) in [5, 5.41) is 23.7. The quantitative estimate of drug-likeness (QED) is 0.446. The molecule has 1 aromatic carbocycles. The second-order valence-corrected chi connectivity index (χ2v) is 6.06. The molecule has 0 fully saturated rings. The molecule has 0 amide bonds. The Hall–Kier alpha value is -1.78. The molecule has 0 saturated carbocycles. The summed E-state index contributed by atoms with van der Waals surface area (Å²) in [5.41, 5.74) is 0.390. The number of benzene rings is 1. The van der Waals surface area contributed by atoms with Crippen LogP contribution in [0.1, 0.15) is 40.5 Å². The fraction of sp³-hybridized carbons (Fsp3) is 0.600. The van der Waals surface area contributed by atoms with Gasteiger partial charge in [-0.15, -0.1) is 0 Å². The minimum absolute atomic E-state index is 0.0810. The van der Waals surface area contributed by atoms with E-state index in [0.717, 1.165) is 12.8 Å². The Kier molecular flexibility index (Phi) is 5.80. The Morgan fingerprint density at radius 2 is 1.75 bits per heavy atom. The van der Waals surface area contributed by atoms with E-state index in [1.165, 1.54) is 12.1 Å². The van der Waals surface area contributed by atoms with E-state index in [-0.39, 0.29) is 17.5 Å². The summed E-state index contributed by atoms with van der Waals surface area (Å²) in [6, 6.07) is 4.42. The molecular weight excluding hydrogens is 256 g/mol. The lowest BCUT2D eigenvalue weighted by Crippen LogP contribution is -2.24. The first kappa shape index (κ1) is 16.3. The highest BCUT2D eigenvalue weighted by Gasteiger charge is 2.19. The molecule has 1 aromatic rings. The zero-order valence-corrected chi connectivity index (χ0v) is 12.6. The van der Waals surface area contributed by atoms with Crippen molar-refractivity contribution >= 4 is 11.4 Å². The maximum atomic E-state index is 11.1. The van der Waals surface area contributed by atoms with Crippen LogP contribution in [0.15, 0.2) is 18.2 Å². The van der Waals surface area contributed by atoms with E-state index in [1.54, 1.807) is 6.07 Å². The van der Waals surface area contributed by atoms with Gasteiger partial charge in [-0.3, -0.25) is 10.1 Å². The lowest BCUT2D eigenvalue weighted by molar-refractivity contribution is -0.384. The van der Waals surface area contributed by atoms with Crippen molar-refractivity contribution in [1.29, 1.82) is 0 Å². The average molecular weight is 280 g/mol. The van der Waals surface area contributed by atoms with Crippen molar-refractivity contribution in [2.24, 2.45) is 11.8 Å². The summed E-state index contributed by atoms with van der Waals surface area (Å²) >= 11 is 0. The fourth-order valence-corrected chi connectivity index (χ4v) is 2.37. The molecule has 0 heterocycles. The highest BCUT2D eigenvalue weighted by Crippen LogP contribution is 2.30. The topological polar surface area (TPSA) is 75.4 Å². The molecule has 0 spiro atoms. The fourth-order valence-electron chi connectivity index (χ4n) is 2.37. The van der Waals surface area contributed by atoms with Gasteiger partial charge in [0, 0.05) is 6.04 Å². The van der Waals surface area contributed by atoms with Crippen molar-refractivity contribution < 1.29 is 10.0 Å². The molecule has 2 N–H and O–H groups in total. The van der Waals surface area contributed by atoms with Gasteiger partial charge in [-0.05, 0) is 36.8 Å². The predicted molar refractivity (Wildman–Crippen MR) is 81.1 cm³/mol. The standard InChI is InChI=1S/C15H24N2O3/c1-10(2)7-12(8-11(3)4)16-14-6-5-13(18)9-15(14)17(19)20/h5-6,9-12,16,18H,7-8H2,1-4H3. The van der Waals surface area contributed by atoms with Crippen LogP contribution < -0.4 is 5.32 Å². The number of nitrogens with one attached hydrogen (secondary N) is 1. The Morgan fingerprint density at radius 1 is 1.20 bits per heavy atom. The summed E-state index contributed by atoms with van der Waals surface area (Å²) in [6.07, 6.45) is 1.91. The van der Waals surface area contributed by atoms with Gasteiger partial charge in [0.25, 0.3) is 5.69 Å². The van der Waals surface area contributed by atoms with Crippen LogP contribution in [0.3, 0.4) is 0 Å². The number of nitro benzene ring substituents is 1. The van der Waals surface area contributed by atoms with Crippen LogP contribution >= 0.6 is 0 Å². The van der Waals surface area contributed by atoms with E-state index in [1.807, 2.05) is 0 Å². The van der Waals surface area contributed by atoms with Gasteiger partial charge in [0.05, 0.1) is 11.0 Å². The third-order valence-electron chi connectivity index (χ3n) is 3.05. The minimum atomic E-state index is -0.468. The molecule has 5 nitrogen and oxygen atoms in total. The van der Waals surface area contributed by atoms with Gasteiger partial charge in [-0.25, -0.2) is 0 Å². The molecule has 112 valence electrons. The molecule has 0 aliphatic heterocycles. The highest BCUT2D eigenvalue weighted by molar-refractivity contribution is 5.64. The normalized spacial score (nSPS) is 11.3. The first-order valence-corrected chi connectivity index (χ1v) is 7.03. The van der Waals surface area contributed by atoms with E-state index in [0.29, 0.717) is 17.5 Å². The van der Waals surface area contributed by atoms with E-state index in [9.17, 15) is 15.2 Å². The first-order valence-electron chi connectivity index (χ1n) is 7.03. The van der Waals surface area contributed by atoms with E-state index < -0.39 is 4.92 Å². The maximum Gasteiger partial charge on any atom is 0.296 e. The molecule has 0 radical (unpaired) electrons. The van der Waals surface area contributed by atoms with E-state index >= 15 is 0 Å². The molecule has 1 rings (SSSR count). The van der Waals surface area contributed by atoms with Gasteiger partial charge in [0.1, 0.15) is 11.4 Å². The number of nitrogens with zero attached hydrogens (tertiary/aromatic N) is 1. The van der Waals surface area contributed by atoms with Crippen LogP contribution in [0.2, 0.25) is 0 Å². The van der Waals surface area contributed by atoms with Crippen LogP contribution in [0.25, 0.3) is 0 Å². The van der Waals surface area contributed by atoms with E-state index in [2.05, 4.69) is 33.0 Å². The second kappa shape index (κ2) is 7.12. The third kappa shape index (κ3) is 5.07. The number of aromatic hydroxyl groups is 1. The van der Waals surface area contributed by atoms with Crippen molar-refractivity contribution in [3.8, 4) is 5.75 Å². The molecule has 5 heteroatoms. The van der Waals surface area contributed by atoms with Gasteiger partial charge in [-0.1, -0.05) is 27.7 Å².